The number of ether oxygens (including phenoxy) is 2. The number of hydrogen-bond acceptors (Lipinski definition) is 5. The van der Waals surface area contributed by atoms with Gasteiger partial charge in [-0.1, -0.05) is 12.8 Å². The molecular formula is C25H32F3N3O3. The van der Waals surface area contributed by atoms with Gasteiger partial charge >= 0.3 is 6.18 Å². The first-order valence-electron chi connectivity index (χ1n) is 12.0. The molecule has 0 N–H and O–H groups in total. The summed E-state index contributed by atoms with van der Waals surface area (Å²) in [4.78, 5) is 17.1. The van der Waals surface area contributed by atoms with E-state index in [-0.39, 0.29) is 28.7 Å². The van der Waals surface area contributed by atoms with Crippen LogP contribution in [0, 0.1) is 28.6 Å². The second-order valence-corrected chi connectivity index (χ2v) is 9.85. The zero-order valence-electron chi connectivity index (χ0n) is 19.6. The molecule has 0 unspecified atom stereocenters. The summed E-state index contributed by atoms with van der Waals surface area (Å²) in [6.07, 6.45) is 0.254. The van der Waals surface area contributed by atoms with Crippen molar-refractivity contribution in [2.24, 2.45) is 17.3 Å². The topological polar surface area (TPSA) is 65.8 Å². The third kappa shape index (κ3) is 5.03. The Morgan fingerprint density at radius 3 is 2.65 bits per heavy atom. The Bertz CT molecular complexity index is 926. The Balaban J connectivity index is 1.57. The molecule has 1 aromatic carbocycles. The summed E-state index contributed by atoms with van der Waals surface area (Å²) < 4.78 is 51.7. The third-order valence-electron chi connectivity index (χ3n) is 7.70. The maximum atomic E-state index is 13.6. The molecule has 1 aromatic rings. The lowest BCUT2D eigenvalue weighted by Gasteiger charge is -2.44. The number of rotatable bonds is 7. The number of benzene rings is 1. The number of carbonyl (C=O) groups excluding carboxylic acids is 1. The van der Waals surface area contributed by atoms with Gasteiger partial charge in [0, 0.05) is 50.3 Å². The Morgan fingerprint density at radius 1 is 1.21 bits per heavy atom. The minimum absolute atomic E-state index is 0.0911. The number of fused-ring (bicyclic) bond motifs is 1. The number of nitriles is 1. The SMILES string of the molecule is COCCOC[C@@]12CN(C(=O)C3CCCC3)CC[C@@H]1CN(c1ccc(C#N)c(C(F)(F)F)c1)C2. The minimum Gasteiger partial charge on any atom is -0.382 e. The van der Waals surface area contributed by atoms with Crippen LogP contribution < -0.4 is 4.90 Å². The van der Waals surface area contributed by atoms with E-state index in [1.165, 1.54) is 6.07 Å². The van der Waals surface area contributed by atoms with Crippen LogP contribution in [-0.2, 0) is 20.4 Å². The van der Waals surface area contributed by atoms with Gasteiger partial charge in [0.2, 0.25) is 5.91 Å². The first kappa shape index (κ1) is 24.8. The van der Waals surface area contributed by atoms with Crippen molar-refractivity contribution < 1.29 is 27.4 Å². The highest BCUT2D eigenvalue weighted by molar-refractivity contribution is 5.79. The largest absolute Gasteiger partial charge is 0.417 e. The maximum absolute atomic E-state index is 13.6. The molecule has 6 nitrogen and oxygen atoms in total. The van der Waals surface area contributed by atoms with Crippen LogP contribution in [0.25, 0.3) is 0 Å². The number of halogens is 3. The molecule has 0 aromatic heterocycles. The van der Waals surface area contributed by atoms with Crippen LogP contribution in [0.1, 0.15) is 43.2 Å². The number of alkyl halides is 3. The van der Waals surface area contributed by atoms with Gasteiger partial charge in [0.25, 0.3) is 0 Å². The number of anilines is 1. The van der Waals surface area contributed by atoms with Crippen molar-refractivity contribution >= 4 is 11.6 Å². The summed E-state index contributed by atoms with van der Waals surface area (Å²) in [5.74, 6) is 0.504. The molecule has 2 heterocycles. The normalized spacial score (nSPS) is 25.4. The van der Waals surface area contributed by atoms with E-state index in [4.69, 9.17) is 14.7 Å². The number of carbonyl (C=O) groups is 1. The molecule has 9 heteroatoms. The molecule has 3 fully saturated rings. The fourth-order valence-electron chi connectivity index (χ4n) is 5.88. The molecule has 3 aliphatic rings. The molecule has 0 bridgehead atoms. The van der Waals surface area contributed by atoms with Gasteiger partial charge in [0.05, 0.1) is 37.0 Å². The fraction of sp³-hybridized carbons (Fsp3) is 0.680. The zero-order chi connectivity index (χ0) is 24.3. The van der Waals surface area contributed by atoms with Crippen molar-refractivity contribution in [3.8, 4) is 6.07 Å². The lowest BCUT2D eigenvalue weighted by atomic mass is 9.73. The average molecular weight is 480 g/mol. The van der Waals surface area contributed by atoms with Crippen LogP contribution >= 0.6 is 0 Å². The van der Waals surface area contributed by atoms with Gasteiger partial charge in [-0.15, -0.1) is 0 Å². The van der Waals surface area contributed by atoms with Crippen molar-refractivity contribution in [2.75, 3.05) is 58.0 Å². The summed E-state index contributed by atoms with van der Waals surface area (Å²) in [5.41, 5.74) is -1.19. The third-order valence-corrected chi connectivity index (χ3v) is 7.70. The Hall–Kier alpha value is -2.31. The molecule has 1 saturated carbocycles. The number of likely N-dealkylation sites (tertiary alicyclic amines) is 1. The Labute approximate surface area is 198 Å². The number of hydrogen-bond donors (Lipinski definition) is 0. The lowest BCUT2D eigenvalue weighted by Crippen LogP contribution is -2.54. The van der Waals surface area contributed by atoms with Gasteiger partial charge in [-0.05, 0) is 43.4 Å². The summed E-state index contributed by atoms with van der Waals surface area (Å²) in [7, 11) is 1.60. The van der Waals surface area contributed by atoms with Gasteiger partial charge in [-0.25, -0.2) is 0 Å². The van der Waals surface area contributed by atoms with Crippen LogP contribution in [0.3, 0.4) is 0 Å². The molecule has 1 amide bonds. The van der Waals surface area contributed by atoms with Crippen LogP contribution in [0.4, 0.5) is 18.9 Å². The summed E-state index contributed by atoms with van der Waals surface area (Å²) in [5, 5.41) is 9.13. The second kappa shape index (κ2) is 10.1. The van der Waals surface area contributed by atoms with Crippen molar-refractivity contribution in [2.45, 2.75) is 38.3 Å². The van der Waals surface area contributed by atoms with Gasteiger partial charge in [0.1, 0.15) is 0 Å². The van der Waals surface area contributed by atoms with Crippen LogP contribution in [0.2, 0.25) is 0 Å². The van der Waals surface area contributed by atoms with E-state index in [1.807, 2.05) is 9.80 Å². The first-order chi connectivity index (χ1) is 16.3. The standard InChI is InChI=1S/C25H32F3N3O3/c1-33-10-11-34-17-24-15-30(23(32)18-4-2-3-5-18)9-8-20(24)14-31(16-24)21-7-6-19(13-29)22(12-21)25(26,27)28/h6-7,12,18,20H,2-5,8-11,14-17H2,1H3/t20-,24+/m1/s1. The molecule has 2 atom stereocenters. The molecule has 2 saturated heterocycles. The smallest absolute Gasteiger partial charge is 0.382 e. The number of nitrogens with zero attached hydrogens (tertiary/aromatic N) is 3. The van der Waals surface area contributed by atoms with Crippen molar-refractivity contribution in [1.29, 1.82) is 5.26 Å². The molecule has 2 aliphatic heterocycles. The lowest BCUT2D eigenvalue weighted by molar-refractivity contribution is -0.141. The monoisotopic (exact) mass is 479 g/mol. The predicted octanol–water partition coefficient (Wildman–Crippen LogP) is 4.09. The van der Waals surface area contributed by atoms with Crippen LogP contribution in [0.15, 0.2) is 18.2 Å². The van der Waals surface area contributed by atoms with Crippen LogP contribution in [-0.4, -0.2) is 63.9 Å². The van der Waals surface area contributed by atoms with Gasteiger partial charge in [-0.3, -0.25) is 4.79 Å². The van der Waals surface area contributed by atoms with Gasteiger partial charge < -0.3 is 19.3 Å². The number of amides is 1. The van der Waals surface area contributed by atoms with E-state index >= 15 is 0 Å². The van der Waals surface area contributed by atoms with Crippen molar-refractivity contribution in [3.05, 3.63) is 29.3 Å². The van der Waals surface area contributed by atoms with Gasteiger partial charge in [-0.2, -0.15) is 18.4 Å². The summed E-state index contributed by atoms with van der Waals surface area (Å²) in [6, 6.07) is 5.56. The molecule has 34 heavy (non-hydrogen) atoms. The second-order valence-electron chi connectivity index (χ2n) is 9.85. The average Bonchev–Trinajstić information content (AvgIpc) is 3.48. The summed E-state index contributed by atoms with van der Waals surface area (Å²) in [6.45, 7) is 3.64. The fourth-order valence-corrected chi connectivity index (χ4v) is 5.88. The van der Waals surface area contributed by atoms with Crippen molar-refractivity contribution in [3.63, 3.8) is 0 Å². The summed E-state index contributed by atoms with van der Waals surface area (Å²) >= 11 is 0. The predicted molar refractivity (Wildman–Crippen MR) is 120 cm³/mol. The van der Waals surface area contributed by atoms with E-state index in [0.717, 1.165) is 38.2 Å². The highest BCUT2D eigenvalue weighted by Gasteiger charge is 2.51. The van der Waals surface area contributed by atoms with E-state index in [1.54, 1.807) is 19.2 Å². The molecular weight excluding hydrogens is 447 g/mol. The molecule has 186 valence electrons. The van der Waals surface area contributed by atoms with E-state index in [0.29, 0.717) is 51.7 Å². The van der Waals surface area contributed by atoms with Crippen LogP contribution in [0.5, 0.6) is 0 Å². The van der Waals surface area contributed by atoms with Gasteiger partial charge in [0.15, 0.2) is 0 Å². The van der Waals surface area contributed by atoms with Crippen molar-refractivity contribution in [1.82, 2.24) is 4.90 Å². The molecule has 4 rings (SSSR count). The van der Waals surface area contributed by atoms with E-state index < -0.39 is 11.7 Å². The molecule has 0 spiro atoms. The number of piperidine rings is 1. The van der Waals surface area contributed by atoms with E-state index in [2.05, 4.69) is 0 Å². The first-order valence-corrected chi connectivity index (χ1v) is 12.0. The maximum Gasteiger partial charge on any atom is 0.417 e. The zero-order valence-corrected chi connectivity index (χ0v) is 19.6. The highest BCUT2D eigenvalue weighted by atomic mass is 19.4. The molecule has 1 aliphatic carbocycles. The Morgan fingerprint density at radius 2 is 1.97 bits per heavy atom. The number of methoxy groups -OCH3 is 1. The quantitative estimate of drug-likeness (QED) is 0.552. The minimum atomic E-state index is -4.60. The Kier molecular flexibility index (Phi) is 7.39. The molecule has 0 radical (unpaired) electrons. The van der Waals surface area contributed by atoms with E-state index in [9.17, 15) is 18.0 Å². The highest BCUT2D eigenvalue weighted by Crippen LogP contribution is 2.45.